The van der Waals surface area contributed by atoms with Gasteiger partial charge in [0.25, 0.3) is 0 Å². The van der Waals surface area contributed by atoms with Gasteiger partial charge >= 0.3 is 0 Å². The van der Waals surface area contributed by atoms with E-state index in [-0.39, 0.29) is 0 Å². The minimum atomic E-state index is 0.371. The molecule has 0 amide bonds. The van der Waals surface area contributed by atoms with Crippen molar-refractivity contribution in [2.24, 2.45) is 0 Å². The second-order valence-electron chi connectivity index (χ2n) is 5.71. The molecule has 0 saturated heterocycles. The summed E-state index contributed by atoms with van der Waals surface area (Å²) in [6.07, 6.45) is 0. The summed E-state index contributed by atoms with van der Waals surface area (Å²) in [5.74, 6) is 0.418. The van der Waals surface area contributed by atoms with Gasteiger partial charge in [0.1, 0.15) is 0 Å². The molecule has 0 radical (unpaired) electrons. The predicted octanol–water partition coefficient (Wildman–Crippen LogP) is 4.74. The molecule has 2 rings (SSSR count). The number of rotatable bonds is 4. The highest BCUT2D eigenvalue weighted by Crippen LogP contribution is 2.32. The molecule has 1 heteroatoms. The Morgan fingerprint density at radius 2 is 1.40 bits per heavy atom. The lowest BCUT2D eigenvalue weighted by atomic mass is 9.85. The molecule has 0 saturated carbocycles. The van der Waals surface area contributed by atoms with E-state index in [1.54, 1.807) is 0 Å². The highest BCUT2D eigenvalue weighted by Gasteiger charge is 2.17. The molecule has 0 aliphatic rings. The fourth-order valence-corrected chi connectivity index (χ4v) is 2.69. The van der Waals surface area contributed by atoms with Crippen LogP contribution in [-0.2, 0) is 0 Å². The summed E-state index contributed by atoms with van der Waals surface area (Å²) in [4.78, 5) is 0. The standard InChI is InChI=1S/C19H25N/c1-13-11-18(15(3)17-9-7-6-8-10-17)19(12-14(13)2)16(4)20-5/h6-12,15-16,20H,1-5H3. The van der Waals surface area contributed by atoms with Crippen LogP contribution >= 0.6 is 0 Å². The maximum atomic E-state index is 3.37. The van der Waals surface area contributed by atoms with Crippen LogP contribution in [0.2, 0.25) is 0 Å². The second-order valence-corrected chi connectivity index (χ2v) is 5.71. The average Bonchev–Trinajstić information content (AvgIpc) is 2.49. The van der Waals surface area contributed by atoms with E-state index in [9.17, 15) is 0 Å². The summed E-state index contributed by atoms with van der Waals surface area (Å²) in [5.41, 5.74) is 6.95. The van der Waals surface area contributed by atoms with Gasteiger partial charge in [0.2, 0.25) is 0 Å². The van der Waals surface area contributed by atoms with Gasteiger partial charge < -0.3 is 5.32 Å². The van der Waals surface area contributed by atoms with Crippen molar-refractivity contribution >= 4 is 0 Å². The zero-order chi connectivity index (χ0) is 14.7. The summed E-state index contributed by atoms with van der Waals surface area (Å²) in [5, 5.41) is 3.37. The molecular weight excluding hydrogens is 242 g/mol. The molecule has 0 spiro atoms. The van der Waals surface area contributed by atoms with Gasteiger partial charge in [-0.1, -0.05) is 49.4 Å². The van der Waals surface area contributed by atoms with E-state index in [0.29, 0.717) is 12.0 Å². The molecule has 2 atom stereocenters. The van der Waals surface area contributed by atoms with Crippen LogP contribution in [0.1, 0.15) is 53.6 Å². The second kappa shape index (κ2) is 6.23. The number of aryl methyl sites for hydroxylation is 2. The van der Waals surface area contributed by atoms with Gasteiger partial charge in [0.15, 0.2) is 0 Å². The largest absolute Gasteiger partial charge is 0.313 e. The van der Waals surface area contributed by atoms with Crippen molar-refractivity contribution in [2.75, 3.05) is 7.05 Å². The monoisotopic (exact) mass is 267 g/mol. The molecule has 2 aromatic rings. The van der Waals surface area contributed by atoms with Crippen molar-refractivity contribution in [1.82, 2.24) is 5.32 Å². The summed E-state index contributed by atoms with van der Waals surface area (Å²) in [7, 11) is 2.02. The van der Waals surface area contributed by atoms with Crippen LogP contribution in [0.15, 0.2) is 42.5 Å². The summed E-state index contributed by atoms with van der Waals surface area (Å²) >= 11 is 0. The third-order valence-electron chi connectivity index (χ3n) is 4.36. The minimum Gasteiger partial charge on any atom is -0.313 e. The van der Waals surface area contributed by atoms with Crippen molar-refractivity contribution < 1.29 is 0 Å². The van der Waals surface area contributed by atoms with E-state index in [2.05, 4.69) is 75.5 Å². The van der Waals surface area contributed by atoms with Gasteiger partial charge in [-0.25, -0.2) is 0 Å². The molecule has 1 nitrogen and oxygen atoms in total. The van der Waals surface area contributed by atoms with E-state index in [4.69, 9.17) is 0 Å². The van der Waals surface area contributed by atoms with Gasteiger partial charge in [-0.3, -0.25) is 0 Å². The zero-order valence-corrected chi connectivity index (χ0v) is 13.2. The highest BCUT2D eigenvalue weighted by atomic mass is 14.9. The summed E-state index contributed by atoms with van der Waals surface area (Å²) in [6.45, 7) is 8.92. The number of hydrogen-bond acceptors (Lipinski definition) is 1. The van der Waals surface area contributed by atoms with Crippen molar-refractivity contribution in [3.63, 3.8) is 0 Å². The predicted molar refractivity (Wildman–Crippen MR) is 87.3 cm³/mol. The molecule has 0 heterocycles. The molecule has 2 aromatic carbocycles. The maximum absolute atomic E-state index is 3.37. The lowest BCUT2D eigenvalue weighted by molar-refractivity contribution is 0.640. The Morgan fingerprint density at radius 3 is 1.95 bits per heavy atom. The third-order valence-corrected chi connectivity index (χ3v) is 4.36. The number of nitrogens with one attached hydrogen (secondary N) is 1. The van der Waals surface area contributed by atoms with Gasteiger partial charge in [-0.2, -0.15) is 0 Å². The van der Waals surface area contributed by atoms with Gasteiger partial charge in [-0.05, 0) is 55.6 Å². The van der Waals surface area contributed by atoms with Crippen molar-refractivity contribution in [3.8, 4) is 0 Å². The number of hydrogen-bond donors (Lipinski definition) is 1. The third kappa shape index (κ3) is 2.94. The van der Waals surface area contributed by atoms with Crippen LogP contribution in [0.3, 0.4) is 0 Å². The highest BCUT2D eigenvalue weighted by molar-refractivity contribution is 5.44. The minimum absolute atomic E-state index is 0.371. The van der Waals surface area contributed by atoms with Crippen LogP contribution in [0.5, 0.6) is 0 Å². The Morgan fingerprint density at radius 1 is 0.850 bits per heavy atom. The molecule has 106 valence electrons. The molecule has 2 unspecified atom stereocenters. The molecule has 0 bridgehead atoms. The molecule has 0 aliphatic carbocycles. The maximum Gasteiger partial charge on any atom is 0.0292 e. The van der Waals surface area contributed by atoms with Crippen molar-refractivity contribution in [3.05, 3.63) is 70.3 Å². The Labute approximate surface area is 123 Å². The first-order valence-corrected chi connectivity index (χ1v) is 7.37. The molecule has 1 N–H and O–H groups in total. The van der Waals surface area contributed by atoms with Gasteiger partial charge in [-0.15, -0.1) is 0 Å². The normalized spacial score (nSPS) is 14.1. The summed E-state index contributed by atoms with van der Waals surface area (Å²) < 4.78 is 0. The zero-order valence-electron chi connectivity index (χ0n) is 13.2. The Bertz CT molecular complexity index is 572. The SMILES string of the molecule is CNC(C)c1cc(C)c(C)cc1C(C)c1ccccc1. The molecule has 20 heavy (non-hydrogen) atoms. The fraction of sp³-hybridized carbons (Fsp3) is 0.368. The average molecular weight is 267 g/mol. The Kier molecular flexibility index (Phi) is 4.61. The van der Waals surface area contributed by atoms with Crippen LogP contribution in [0.25, 0.3) is 0 Å². The van der Waals surface area contributed by atoms with E-state index in [0.717, 1.165) is 0 Å². The van der Waals surface area contributed by atoms with E-state index in [1.165, 1.54) is 27.8 Å². The molecule has 0 aliphatic heterocycles. The smallest absolute Gasteiger partial charge is 0.0292 e. The van der Waals surface area contributed by atoms with Crippen LogP contribution < -0.4 is 5.32 Å². The molecule has 0 fully saturated rings. The van der Waals surface area contributed by atoms with E-state index >= 15 is 0 Å². The van der Waals surface area contributed by atoms with Crippen LogP contribution in [0, 0.1) is 13.8 Å². The van der Waals surface area contributed by atoms with Gasteiger partial charge in [0, 0.05) is 12.0 Å². The topological polar surface area (TPSA) is 12.0 Å². The lowest BCUT2D eigenvalue weighted by Crippen LogP contribution is -2.16. The van der Waals surface area contributed by atoms with Crippen molar-refractivity contribution in [2.45, 2.75) is 39.7 Å². The first-order valence-electron chi connectivity index (χ1n) is 7.37. The van der Waals surface area contributed by atoms with Crippen molar-refractivity contribution in [1.29, 1.82) is 0 Å². The first kappa shape index (κ1) is 14.8. The van der Waals surface area contributed by atoms with Crippen LogP contribution in [0.4, 0.5) is 0 Å². The summed E-state index contributed by atoms with van der Waals surface area (Å²) in [6, 6.07) is 15.8. The van der Waals surface area contributed by atoms with E-state index in [1.807, 2.05) is 7.05 Å². The molecular formula is C19H25N. The quantitative estimate of drug-likeness (QED) is 0.844. The lowest BCUT2D eigenvalue weighted by Gasteiger charge is -2.23. The van der Waals surface area contributed by atoms with E-state index < -0.39 is 0 Å². The van der Waals surface area contributed by atoms with Crippen LogP contribution in [-0.4, -0.2) is 7.05 Å². The fourth-order valence-electron chi connectivity index (χ4n) is 2.69. The Balaban J connectivity index is 2.52. The number of benzene rings is 2. The molecule has 0 aromatic heterocycles. The Hall–Kier alpha value is -1.60. The van der Waals surface area contributed by atoms with Gasteiger partial charge in [0.05, 0.1) is 0 Å². The first-order chi connectivity index (χ1) is 9.54.